The van der Waals surface area contributed by atoms with E-state index in [9.17, 15) is 4.79 Å². The van der Waals surface area contributed by atoms with Crippen LogP contribution in [0.1, 0.15) is 12.5 Å². The normalized spacial score (nSPS) is 12.2. The summed E-state index contributed by atoms with van der Waals surface area (Å²) >= 11 is 5.74. The Kier molecular flexibility index (Phi) is 4.27. The van der Waals surface area contributed by atoms with Crippen LogP contribution in [0.15, 0.2) is 36.4 Å². The van der Waals surface area contributed by atoms with Crippen LogP contribution < -0.4 is 10.1 Å². The van der Waals surface area contributed by atoms with E-state index in [-0.39, 0.29) is 5.91 Å². The van der Waals surface area contributed by atoms with Crippen molar-refractivity contribution in [1.82, 2.24) is 5.32 Å². The van der Waals surface area contributed by atoms with Crippen molar-refractivity contribution in [3.05, 3.63) is 42.0 Å². The fourth-order valence-electron chi connectivity index (χ4n) is 2.01. The maximum absolute atomic E-state index is 11.6. The second kappa shape index (κ2) is 5.93. The lowest BCUT2D eigenvalue weighted by Crippen LogP contribution is -2.29. The van der Waals surface area contributed by atoms with Gasteiger partial charge in [0.15, 0.2) is 0 Å². The van der Waals surface area contributed by atoms with Crippen molar-refractivity contribution in [2.24, 2.45) is 0 Å². The molecular formula is C15H16ClNO2. The zero-order valence-corrected chi connectivity index (χ0v) is 11.7. The minimum absolute atomic E-state index is 0.184. The van der Waals surface area contributed by atoms with Crippen molar-refractivity contribution in [2.75, 3.05) is 7.11 Å². The third-order valence-electron chi connectivity index (χ3n) is 3.02. The van der Waals surface area contributed by atoms with Crippen LogP contribution >= 0.6 is 11.6 Å². The van der Waals surface area contributed by atoms with Gasteiger partial charge in [-0.3, -0.25) is 4.79 Å². The number of alkyl halides is 1. The fraction of sp³-hybridized carbons (Fsp3) is 0.267. The van der Waals surface area contributed by atoms with E-state index >= 15 is 0 Å². The van der Waals surface area contributed by atoms with Crippen molar-refractivity contribution in [3.8, 4) is 5.75 Å². The summed E-state index contributed by atoms with van der Waals surface area (Å²) in [6, 6.07) is 11.9. The molecular weight excluding hydrogens is 262 g/mol. The van der Waals surface area contributed by atoms with Gasteiger partial charge in [-0.1, -0.05) is 30.3 Å². The van der Waals surface area contributed by atoms with Crippen molar-refractivity contribution in [2.45, 2.75) is 18.8 Å². The number of carbonyl (C=O) groups excluding carboxylic acids is 1. The Morgan fingerprint density at radius 1 is 1.32 bits per heavy atom. The van der Waals surface area contributed by atoms with Gasteiger partial charge in [0.25, 0.3) is 0 Å². The molecule has 0 saturated heterocycles. The number of hydrogen-bond donors (Lipinski definition) is 1. The lowest BCUT2D eigenvalue weighted by molar-refractivity contribution is -0.120. The number of nitrogens with one attached hydrogen (secondary N) is 1. The molecule has 1 unspecified atom stereocenters. The minimum atomic E-state index is -0.541. The molecule has 2 aromatic carbocycles. The molecule has 1 atom stereocenters. The molecule has 4 heteroatoms. The highest BCUT2D eigenvalue weighted by Crippen LogP contribution is 2.27. The summed E-state index contributed by atoms with van der Waals surface area (Å²) in [5.41, 5.74) is 0.964. The average molecular weight is 278 g/mol. The molecule has 0 aliphatic heterocycles. The van der Waals surface area contributed by atoms with Crippen LogP contribution in [0.25, 0.3) is 10.8 Å². The van der Waals surface area contributed by atoms with Gasteiger partial charge in [0.1, 0.15) is 11.1 Å². The van der Waals surface area contributed by atoms with Gasteiger partial charge in [0.05, 0.1) is 7.11 Å². The van der Waals surface area contributed by atoms with E-state index < -0.39 is 5.38 Å². The smallest absolute Gasteiger partial charge is 0.238 e. The van der Waals surface area contributed by atoms with Crippen molar-refractivity contribution in [3.63, 3.8) is 0 Å². The molecule has 1 amide bonds. The Balaban J connectivity index is 2.36. The molecule has 0 aromatic heterocycles. The van der Waals surface area contributed by atoms with Crippen LogP contribution in [0.4, 0.5) is 0 Å². The SMILES string of the molecule is COc1ccc2ccccc2c1CNC(=O)C(C)Cl. The molecule has 0 radical (unpaired) electrons. The Morgan fingerprint density at radius 3 is 2.74 bits per heavy atom. The summed E-state index contributed by atoms with van der Waals surface area (Å²) < 4.78 is 5.36. The highest BCUT2D eigenvalue weighted by molar-refractivity contribution is 6.30. The predicted molar refractivity (Wildman–Crippen MR) is 77.7 cm³/mol. The Hall–Kier alpha value is -1.74. The van der Waals surface area contributed by atoms with E-state index in [4.69, 9.17) is 16.3 Å². The molecule has 3 nitrogen and oxygen atoms in total. The van der Waals surface area contributed by atoms with E-state index in [2.05, 4.69) is 5.32 Å². The van der Waals surface area contributed by atoms with E-state index in [0.29, 0.717) is 6.54 Å². The molecule has 100 valence electrons. The summed E-state index contributed by atoms with van der Waals surface area (Å²) in [6.45, 7) is 2.05. The summed E-state index contributed by atoms with van der Waals surface area (Å²) in [6.07, 6.45) is 0. The number of fused-ring (bicyclic) bond motifs is 1. The van der Waals surface area contributed by atoms with Crippen LogP contribution in [0.5, 0.6) is 5.75 Å². The molecule has 1 N–H and O–H groups in total. The first kappa shape index (κ1) is 13.7. The number of rotatable bonds is 4. The number of benzene rings is 2. The van der Waals surface area contributed by atoms with Crippen LogP contribution in [0.2, 0.25) is 0 Å². The summed E-state index contributed by atoms with van der Waals surface area (Å²) in [5, 5.41) is 4.46. The Morgan fingerprint density at radius 2 is 2.05 bits per heavy atom. The van der Waals surface area contributed by atoms with Crippen LogP contribution in [0.3, 0.4) is 0 Å². The number of methoxy groups -OCH3 is 1. The number of carbonyl (C=O) groups is 1. The van der Waals surface area contributed by atoms with E-state index in [1.54, 1.807) is 14.0 Å². The first-order valence-corrected chi connectivity index (χ1v) is 6.53. The van der Waals surface area contributed by atoms with E-state index in [1.165, 1.54) is 0 Å². The van der Waals surface area contributed by atoms with Gasteiger partial charge in [-0.2, -0.15) is 0 Å². The van der Waals surface area contributed by atoms with Gasteiger partial charge in [-0.05, 0) is 23.8 Å². The topological polar surface area (TPSA) is 38.3 Å². The lowest BCUT2D eigenvalue weighted by Gasteiger charge is -2.13. The third-order valence-corrected chi connectivity index (χ3v) is 3.22. The molecule has 2 aromatic rings. The Labute approximate surface area is 117 Å². The maximum Gasteiger partial charge on any atom is 0.238 e. The number of hydrogen-bond acceptors (Lipinski definition) is 2. The van der Waals surface area contributed by atoms with Crippen molar-refractivity contribution < 1.29 is 9.53 Å². The van der Waals surface area contributed by atoms with Gasteiger partial charge < -0.3 is 10.1 Å². The quantitative estimate of drug-likeness (QED) is 0.872. The third kappa shape index (κ3) is 2.99. The molecule has 0 fully saturated rings. The first-order valence-electron chi connectivity index (χ1n) is 6.10. The Bertz CT molecular complexity index is 596. The van der Waals surface area contributed by atoms with Crippen molar-refractivity contribution in [1.29, 1.82) is 0 Å². The van der Waals surface area contributed by atoms with Gasteiger partial charge in [0, 0.05) is 12.1 Å². The minimum Gasteiger partial charge on any atom is -0.496 e. The number of halogens is 1. The lowest BCUT2D eigenvalue weighted by atomic mass is 10.0. The fourth-order valence-corrected chi connectivity index (χ4v) is 2.08. The molecule has 19 heavy (non-hydrogen) atoms. The summed E-state index contributed by atoms with van der Waals surface area (Å²) in [7, 11) is 1.62. The van der Waals surface area contributed by atoms with Gasteiger partial charge in [0.2, 0.25) is 5.91 Å². The second-order valence-corrected chi connectivity index (χ2v) is 4.96. The molecule has 0 heterocycles. The predicted octanol–water partition coefficient (Wildman–Crippen LogP) is 3.09. The van der Waals surface area contributed by atoms with Crippen molar-refractivity contribution >= 4 is 28.3 Å². The molecule has 0 aliphatic rings. The highest BCUT2D eigenvalue weighted by atomic mass is 35.5. The molecule has 2 rings (SSSR count). The zero-order chi connectivity index (χ0) is 13.8. The summed E-state index contributed by atoms with van der Waals surface area (Å²) in [4.78, 5) is 11.6. The monoisotopic (exact) mass is 277 g/mol. The van der Waals surface area contributed by atoms with Gasteiger partial charge >= 0.3 is 0 Å². The first-order chi connectivity index (χ1) is 9.13. The van der Waals surface area contributed by atoms with Crippen LogP contribution in [-0.2, 0) is 11.3 Å². The molecule has 0 bridgehead atoms. The van der Waals surface area contributed by atoms with E-state index in [1.807, 2.05) is 36.4 Å². The van der Waals surface area contributed by atoms with Crippen LogP contribution in [-0.4, -0.2) is 18.4 Å². The summed E-state index contributed by atoms with van der Waals surface area (Å²) in [5.74, 6) is 0.581. The maximum atomic E-state index is 11.6. The zero-order valence-electron chi connectivity index (χ0n) is 10.9. The van der Waals surface area contributed by atoms with Crippen LogP contribution in [0, 0.1) is 0 Å². The van der Waals surface area contributed by atoms with Gasteiger partial charge in [-0.15, -0.1) is 11.6 Å². The number of ether oxygens (including phenoxy) is 1. The molecule has 0 spiro atoms. The van der Waals surface area contributed by atoms with Gasteiger partial charge in [-0.25, -0.2) is 0 Å². The van der Waals surface area contributed by atoms with E-state index in [0.717, 1.165) is 22.1 Å². The average Bonchev–Trinajstić information content (AvgIpc) is 2.43. The molecule has 0 saturated carbocycles. The molecule has 0 aliphatic carbocycles. The standard InChI is InChI=1S/C15H16ClNO2/c1-10(16)15(18)17-9-13-12-6-4-3-5-11(12)7-8-14(13)19-2/h3-8,10H,9H2,1-2H3,(H,17,18). The number of amides is 1. The highest BCUT2D eigenvalue weighted by Gasteiger charge is 2.12. The second-order valence-electron chi connectivity index (χ2n) is 4.30. The largest absolute Gasteiger partial charge is 0.496 e.